The maximum Gasteiger partial charge on any atom is 0.221 e. The Labute approximate surface area is 115 Å². The average Bonchev–Trinajstić information content (AvgIpc) is 2.27. The zero-order valence-corrected chi connectivity index (χ0v) is 12.2. The summed E-state index contributed by atoms with van der Waals surface area (Å²) < 4.78 is 0.870. The van der Waals surface area contributed by atoms with Crippen LogP contribution in [0.2, 0.25) is 0 Å². The minimum atomic E-state index is -0.109. The molecular weight excluding hydrogens is 240 g/mol. The molecule has 0 aromatic heterocycles. The van der Waals surface area contributed by atoms with Crippen molar-refractivity contribution in [2.75, 3.05) is 33.0 Å². The third-order valence-corrected chi connectivity index (χ3v) is 2.76. The van der Waals surface area contributed by atoms with Gasteiger partial charge in [0.2, 0.25) is 5.91 Å². The Balaban J connectivity index is 2.51. The number of Topliss-reactive ketones (excluding diaryl/α,β-unsaturated/α-hetero) is 1. The molecule has 104 valence electrons. The van der Waals surface area contributed by atoms with E-state index in [1.165, 1.54) is 6.92 Å². The van der Waals surface area contributed by atoms with E-state index in [1.807, 2.05) is 0 Å². The maximum absolute atomic E-state index is 12.0. The van der Waals surface area contributed by atoms with Crippen LogP contribution in [-0.4, -0.2) is 43.9 Å². The van der Waals surface area contributed by atoms with Gasteiger partial charge in [0.1, 0.15) is 0 Å². The summed E-state index contributed by atoms with van der Waals surface area (Å²) >= 11 is 0. The van der Waals surface area contributed by atoms with Crippen LogP contribution in [0, 0.1) is 0 Å². The van der Waals surface area contributed by atoms with E-state index >= 15 is 0 Å². The first-order valence-corrected chi connectivity index (χ1v) is 6.49. The molecule has 19 heavy (non-hydrogen) atoms. The molecule has 1 rings (SSSR count). The fraction of sp³-hybridized carbons (Fsp3) is 0.467. The molecule has 0 aliphatic carbocycles. The second-order valence-corrected chi connectivity index (χ2v) is 5.80. The predicted molar refractivity (Wildman–Crippen MR) is 77.2 cm³/mol. The van der Waals surface area contributed by atoms with Crippen molar-refractivity contribution in [1.82, 2.24) is 0 Å². The molecule has 0 heterocycles. The van der Waals surface area contributed by atoms with Crippen molar-refractivity contribution in [3.8, 4) is 0 Å². The van der Waals surface area contributed by atoms with Gasteiger partial charge in [0.05, 0.1) is 27.7 Å². The highest BCUT2D eigenvalue weighted by Crippen LogP contribution is 2.12. The second kappa shape index (κ2) is 6.48. The van der Waals surface area contributed by atoms with E-state index in [1.54, 1.807) is 24.3 Å². The molecule has 0 saturated carbocycles. The van der Waals surface area contributed by atoms with Crippen molar-refractivity contribution >= 4 is 17.4 Å². The van der Waals surface area contributed by atoms with Crippen LogP contribution in [0.25, 0.3) is 0 Å². The lowest BCUT2D eigenvalue weighted by atomic mass is 10.1. The largest absolute Gasteiger partial charge is 0.331 e. The molecular formula is C15H23N2O2+. The van der Waals surface area contributed by atoms with Crippen molar-refractivity contribution in [1.29, 1.82) is 0 Å². The third kappa shape index (κ3) is 6.15. The summed E-state index contributed by atoms with van der Waals surface area (Å²) in [5, 5.41) is 2.68. The number of hydrogen-bond donors (Lipinski definition) is 1. The molecule has 1 N–H and O–H groups in total. The molecule has 0 saturated heterocycles. The number of ketones is 1. The lowest BCUT2D eigenvalue weighted by Gasteiger charge is -2.23. The van der Waals surface area contributed by atoms with Gasteiger partial charge in [-0.15, -0.1) is 0 Å². The normalized spacial score (nSPS) is 11.2. The quantitative estimate of drug-likeness (QED) is 0.632. The van der Waals surface area contributed by atoms with Crippen LogP contribution in [0.3, 0.4) is 0 Å². The highest BCUT2D eigenvalue weighted by atomic mass is 16.1. The van der Waals surface area contributed by atoms with Gasteiger partial charge >= 0.3 is 0 Å². The molecule has 0 aliphatic heterocycles. The number of hydrogen-bond acceptors (Lipinski definition) is 2. The van der Waals surface area contributed by atoms with E-state index in [0.29, 0.717) is 12.0 Å². The van der Waals surface area contributed by atoms with E-state index in [2.05, 4.69) is 26.5 Å². The molecule has 1 aromatic carbocycles. The van der Waals surface area contributed by atoms with E-state index in [9.17, 15) is 9.59 Å². The molecule has 0 bridgehead atoms. The van der Waals surface area contributed by atoms with Gasteiger partial charge in [0.25, 0.3) is 0 Å². The lowest BCUT2D eigenvalue weighted by Crippen LogP contribution is -2.35. The van der Waals surface area contributed by atoms with Crippen molar-refractivity contribution < 1.29 is 14.1 Å². The van der Waals surface area contributed by atoms with E-state index in [0.717, 1.165) is 23.1 Å². The summed E-state index contributed by atoms with van der Waals surface area (Å²) in [6.07, 6.45) is 1.45. The van der Waals surface area contributed by atoms with Crippen LogP contribution in [0.4, 0.5) is 5.69 Å². The molecule has 4 nitrogen and oxygen atoms in total. The van der Waals surface area contributed by atoms with Crippen LogP contribution in [-0.2, 0) is 4.79 Å². The van der Waals surface area contributed by atoms with Gasteiger partial charge in [-0.05, 0) is 24.3 Å². The van der Waals surface area contributed by atoms with Gasteiger partial charge in [-0.25, -0.2) is 0 Å². The molecule has 0 radical (unpaired) electrons. The Morgan fingerprint density at radius 1 is 1.11 bits per heavy atom. The number of benzene rings is 1. The standard InChI is InChI=1S/C15H22N2O2/c1-12(18)16-14-9-7-13(8-10-14)15(19)6-5-11-17(2,3)4/h7-10H,5-6,11H2,1-4H3/p+1. The Hall–Kier alpha value is -1.68. The molecule has 0 spiro atoms. The molecule has 0 unspecified atom stereocenters. The number of amides is 1. The number of carbonyl (C=O) groups is 2. The minimum Gasteiger partial charge on any atom is -0.331 e. The number of carbonyl (C=O) groups excluding carboxylic acids is 2. The highest BCUT2D eigenvalue weighted by molar-refractivity contribution is 5.97. The van der Waals surface area contributed by atoms with Crippen molar-refractivity contribution in [2.45, 2.75) is 19.8 Å². The molecule has 4 heteroatoms. The van der Waals surface area contributed by atoms with Crippen LogP contribution in [0.15, 0.2) is 24.3 Å². The van der Waals surface area contributed by atoms with E-state index in [-0.39, 0.29) is 11.7 Å². The first-order chi connectivity index (χ1) is 8.78. The van der Waals surface area contributed by atoms with Crippen LogP contribution >= 0.6 is 0 Å². The molecule has 0 atom stereocenters. The van der Waals surface area contributed by atoms with Crippen molar-refractivity contribution in [2.24, 2.45) is 0 Å². The summed E-state index contributed by atoms with van der Waals surface area (Å²) in [4.78, 5) is 22.9. The van der Waals surface area contributed by atoms with Crippen LogP contribution < -0.4 is 5.32 Å². The summed E-state index contributed by atoms with van der Waals surface area (Å²) in [6, 6.07) is 7.04. The Bertz CT molecular complexity index is 444. The first-order valence-electron chi connectivity index (χ1n) is 6.49. The van der Waals surface area contributed by atoms with Crippen molar-refractivity contribution in [3.05, 3.63) is 29.8 Å². The summed E-state index contributed by atoms with van der Waals surface area (Å²) in [7, 11) is 6.35. The Morgan fingerprint density at radius 2 is 1.68 bits per heavy atom. The summed E-state index contributed by atoms with van der Waals surface area (Å²) in [5.41, 5.74) is 1.42. The summed E-state index contributed by atoms with van der Waals surface area (Å²) in [6.45, 7) is 2.44. The zero-order valence-electron chi connectivity index (χ0n) is 12.2. The smallest absolute Gasteiger partial charge is 0.221 e. The Kier molecular flexibility index (Phi) is 5.24. The van der Waals surface area contributed by atoms with Gasteiger partial charge in [-0.1, -0.05) is 0 Å². The van der Waals surface area contributed by atoms with Crippen molar-refractivity contribution in [3.63, 3.8) is 0 Å². The van der Waals surface area contributed by atoms with Gasteiger partial charge < -0.3 is 9.80 Å². The highest BCUT2D eigenvalue weighted by Gasteiger charge is 2.10. The second-order valence-electron chi connectivity index (χ2n) is 5.80. The number of anilines is 1. The molecule has 0 fully saturated rings. The number of nitrogens with one attached hydrogen (secondary N) is 1. The lowest BCUT2D eigenvalue weighted by molar-refractivity contribution is -0.870. The minimum absolute atomic E-state index is 0.109. The van der Waals surface area contributed by atoms with Gasteiger partial charge in [0, 0.05) is 31.0 Å². The first kappa shape index (κ1) is 15.4. The summed E-state index contributed by atoms with van der Waals surface area (Å²) in [5.74, 6) is 0.0462. The maximum atomic E-state index is 12.0. The fourth-order valence-corrected chi connectivity index (χ4v) is 1.80. The number of nitrogens with zero attached hydrogens (tertiary/aromatic N) is 1. The van der Waals surface area contributed by atoms with Gasteiger partial charge in [-0.2, -0.15) is 0 Å². The molecule has 1 amide bonds. The van der Waals surface area contributed by atoms with E-state index < -0.39 is 0 Å². The average molecular weight is 263 g/mol. The van der Waals surface area contributed by atoms with Crippen LogP contribution in [0.5, 0.6) is 0 Å². The predicted octanol–water partition coefficient (Wildman–Crippen LogP) is 2.31. The number of rotatable bonds is 6. The van der Waals surface area contributed by atoms with Crippen LogP contribution in [0.1, 0.15) is 30.1 Å². The van der Waals surface area contributed by atoms with Gasteiger partial charge in [0.15, 0.2) is 5.78 Å². The van der Waals surface area contributed by atoms with E-state index in [4.69, 9.17) is 0 Å². The fourth-order valence-electron chi connectivity index (χ4n) is 1.80. The number of quaternary nitrogens is 1. The zero-order chi connectivity index (χ0) is 14.5. The Morgan fingerprint density at radius 3 is 2.16 bits per heavy atom. The molecule has 0 aliphatic rings. The molecule has 1 aromatic rings. The SMILES string of the molecule is CC(=O)Nc1ccc(C(=O)CCC[N+](C)(C)C)cc1. The third-order valence-electron chi connectivity index (χ3n) is 2.76. The topological polar surface area (TPSA) is 46.2 Å². The van der Waals surface area contributed by atoms with Gasteiger partial charge in [-0.3, -0.25) is 9.59 Å². The monoisotopic (exact) mass is 263 g/mol.